The number of rotatable bonds is 2. The summed E-state index contributed by atoms with van der Waals surface area (Å²) in [7, 11) is 1.35. The van der Waals surface area contributed by atoms with Gasteiger partial charge in [-0.25, -0.2) is 0 Å². The van der Waals surface area contributed by atoms with Gasteiger partial charge in [-0.15, -0.1) is 0 Å². The molecule has 0 spiro atoms. The molecule has 2 fully saturated rings. The number of amides is 4. The molecule has 0 radical (unpaired) electrons. The summed E-state index contributed by atoms with van der Waals surface area (Å²) >= 11 is 0. The van der Waals surface area contributed by atoms with Crippen LogP contribution in [0.3, 0.4) is 0 Å². The van der Waals surface area contributed by atoms with Crippen LogP contribution in [0.5, 0.6) is 0 Å². The molecule has 0 unspecified atom stereocenters. The molecule has 21 heavy (non-hydrogen) atoms. The standard InChI is InChI=1S/C15H14N2O4/c1-16-11(18)7-10-12(14(16)20)15(21)17(13(10)19)8-9-5-3-2-4-6-9/h2-6,10,12H,7-8H2,1H3/t10-,12+/m0/s1. The Hall–Kier alpha value is -2.50. The van der Waals surface area contributed by atoms with E-state index in [4.69, 9.17) is 0 Å². The predicted octanol–water partition coefficient (Wildman–Crippen LogP) is 0.176. The van der Waals surface area contributed by atoms with Gasteiger partial charge in [0, 0.05) is 13.5 Å². The zero-order valence-electron chi connectivity index (χ0n) is 11.5. The number of fused-ring (bicyclic) bond motifs is 1. The molecule has 0 aliphatic carbocycles. The Morgan fingerprint density at radius 3 is 2.33 bits per heavy atom. The lowest BCUT2D eigenvalue weighted by Crippen LogP contribution is -2.48. The van der Waals surface area contributed by atoms with E-state index in [1.54, 1.807) is 0 Å². The van der Waals surface area contributed by atoms with E-state index in [1.165, 1.54) is 7.05 Å². The second kappa shape index (κ2) is 4.80. The second-order valence-electron chi connectivity index (χ2n) is 5.33. The first kappa shape index (κ1) is 13.5. The first-order valence-electron chi connectivity index (χ1n) is 6.70. The van der Waals surface area contributed by atoms with E-state index in [-0.39, 0.29) is 13.0 Å². The van der Waals surface area contributed by atoms with Crippen molar-refractivity contribution in [2.24, 2.45) is 11.8 Å². The zero-order chi connectivity index (χ0) is 15.1. The minimum atomic E-state index is -1.04. The van der Waals surface area contributed by atoms with E-state index < -0.39 is 35.5 Å². The topological polar surface area (TPSA) is 74.8 Å². The number of hydrogen-bond acceptors (Lipinski definition) is 4. The molecule has 2 aliphatic rings. The molecule has 2 saturated heterocycles. The molecule has 1 aromatic rings. The Morgan fingerprint density at radius 1 is 1.00 bits per heavy atom. The Labute approximate surface area is 121 Å². The number of nitrogens with zero attached hydrogens (tertiary/aromatic N) is 2. The van der Waals surface area contributed by atoms with Gasteiger partial charge in [-0.3, -0.25) is 29.0 Å². The minimum Gasteiger partial charge on any atom is -0.285 e. The van der Waals surface area contributed by atoms with Gasteiger partial charge in [-0.2, -0.15) is 0 Å². The molecule has 0 bridgehead atoms. The molecule has 0 aromatic heterocycles. The number of carbonyl (C=O) groups is 4. The summed E-state index contributed by atoms with van der Waals surface area (Å²) in [5.41, 5.74) is 0.810. The molecule has 1 aromatic carbocycles. The van der Waals surface area contributed by atoms with Gasteiger partial charge in [0.05, 0.1) is 12.5 Å². The van der Waals surface area contributed by atoms with Gasteiger partial charge >= 0.3 is 0 Å². The smallest absolute Gasteiger partial charge is 0.242 e. The number of hydrogen-bond donors (Lipinski definition) is 0. The number of likely N-dealkylation sites (tertiary alicyclic amines) is 2. The summed E-state index contributed by atoms with van der Waals surface area (Å²) in [5, 5.41) is 0. The Balaban J connectivity index is 1.89. The van der Waals surface area contributed by atoms with Crippen molar-refractivity contribution in [1.29, 1.82) is 0 Å². The van der Waals surface area contributed by atoms with Crippen LogP contribution in [0.2, 0.25) is 0 Å². The van der Waals surface area contributed by atoms with Crippen molar-refractivity contribution in [3.8, 4) is 0 Å². The maximum atomic E-state index is 12.4. The fourth-order valence-electron chi connectivity index (χ4n) is 2.85. The van der Waals surface area contributed by atoms with Crippen LogP contribution in [-0.4, -0.2) is 40.5 Å². The van der Waals surface area contributed by atoms with E-state index in [9.17, 15) is 19.2 Å². The summed E-state index contributed by atoms with van der Waals surface area (Å²) in [6, 6.07) is 9.09. The lowest BCUT2D eigenvalue weighted by molar-refractivity contribution is -0.155. The van der Waals surface area contributed by atoms with Crippen LogP contribution >= 0.6 is 0 Å². The van der Waals surface area contributed by atoms with Crippen molar-refractivity contribution in [1.82, 2.24) is 9.80 Å². The highest BCUT2D eigenvalue weighted by Crippen LogP contribution is 2.35. The van der Waals surface area contributed by atoms with Crippen molar-refractivity contribution in [3.05, 3.63) is 35.9 Å². The van der Waals surface area contributed by atoms with Gasteiger partial charge in [-0.05, 0) is 5.56 Å². The maximum Gasteiger partial charge on any atom is 0.242 e. The second-order valence-corrected chi connectivity index (χ2v) is 5.33. The summed E-state index contributed by atoms with van der Waals surface area (Å²) in [6.45, 7) is 0.136. The van der Waals surface area contributed by atoms with Gasteiger partial charge in [0.1, 0.15) is 5.92 Å². The highest BCUT2D eigenvalue weighted by atomic mass is 16.2. The van der Waals surface area contributed by atoms with Crippen LogP contribution in [0.4, 0.5) is 0 Å². The molecule has 2 aliphatic heterocycles. The Morgan fingerprint density at radius 2 is 1.67 bits per heavy atom. The summed E-state index contributed by atoms with van der Waals surface area (Å²) in [4.78, 5) is 50.5. The molecule has 2 heterocycles. The molecule has 108 valence electrons. The van der Waals surface area contributed by atoms with Gasteiger partial charge in [0.25, 0.3) is 0 Å². The van der Waals surface area contributed by atoms with Crippen LogP contribution in [0.25, 0.3) is 0 Å². The van der Waals surface area contributed by atoms with Crippen molar-refractivity contribution in [3.63, 3.8) is 0 Å². The van der Waals surface area contributed by atoms with E-state index in [2.05, 4.69) is 0 Å². The summed E-state index contributed by atoms with van der Waals surface area (Å²) in [6.07, 6.45) is -0.0806. The van der Waals surface area contributed by atoms with Crippen molar-refractivity contribution in [2.75, 3.05) is 7.05 Å². The van der Waals surface area contributed by atoms with E-state index >= 15 is 0 Å². The monoisotopic (exact) mass is 286 g/mol. The van der Waals surface area contributed by atoms with Gasteiger partial charge < -0.3 is 0 Å². The molecule has 0 saturated carbocycles. The van der Waals surface area contributed by atoms with Crippen LogP contribution in [-0.2, 0) is 25.7 Å². The summed E-state index contributed by atoms with van der Waals surface area (Å²) < 4.78 is 0. The lowest BCUT2D eigenvalue weighted by Gasteiger charge is -2.26. The molecule has 0 N–H and O–H groups in total. The average molecular weight is 286 g/mol. The first-order valence-corrected chi connectivity index (χ1v) is 6.70. The lowest BCUT2D eigenvalue weighted by atomic mass is 9.87. The van der Waals surface area contributed by atoms with Gasteiger partial charge in [-0.1, -0.05) is 30.3 Å². The fraction of sp³-hybridized carbons (Fsp3) is 0.333. The van der Waals surface area contributed by atoms with Crippen molar-refractivity contribution in [2.45, 2.75) is 13.0 Å². The molecule has 6 nitrogen and oxygen atoms in total. The highest BCUT2D eigenvalue weighted by Gasteiger charge is 2.56. The number of piperidine rings is 1. The molecule has 6 heteroatoms. The summed E-state index contributed by atoms with van der Waals surface area (Å²) in [5.74, 6) is -3.79. The first-order chi connectivity index (χ1) is 10.0. The molecule has 2 atom stereocenters. The van der Waals surface area contributed by atoms with Crippen LogP contribution in [0.1, 0.15) is 12.0 Å². The number of imide groups is 2. The van der Waals surface area contributed by atoms with E-state index in [0.29, 0.717) is 0 Å². The quantitative estimate of drug-likeness (QED) is 0.574. The Bertz CT molecular complexity index is 640. The van der Waals surface area contributed by atoms with Gasteiger partial charge in [0.15, 0.2) is 0 Å². The molecule has 3 rings (SSSR count). The molecular weight excluding hydrogens is 272 g/mol. The fourth-order valence-corrected chi connectivity index (χ4v) is 2.85. The third-order valence-corrected chi connectivity index (χ3v) is 4.07. The Kier molecular flexibility index (Phi) is 3.08. The number of carbonyl (C=O) groups excluding carboxylic acids is 4. The SMILES string of the molecule is CN1C(=O)C[C@@H]2C(=O)N(Cc3ccccc3)C(=O)[C@H]2C1=O. The highest BCUT2D eigenvalue weighted by molar-refractivity contribution is 6.19. The van der Waals surface area contributed by atoms with Crippen LogP contribution in [0, 0.1) is 11.8 Å². The van der Waals surface area contributed by atoms with E-state index in [1.807, 2.05) is 30.3 Å². The van der Waals surface area contributed by atoms with Crippen LogP contribution < -0.4 is 0 Å². The molecular formula is C15H14N2O4. The van der Waals surface area contributed by atoms with E-state index in [0.717, 1.165) is 15.4 Å². The van der Waals surface area contributed by atoms with Crippen molar-refractivity contribution < 1.29 is 19.2 Å². The number of benzene rings is 1. The molecule has 4 amide bonds. The third kappa shape index (κ3) is 2.03. The third-order valence-electron chi connectivity index (χ3n) is 4.07. The average Bonchev–Trinajstić information content (AvgIpc) is 2.71. The largest absolute Gasteiger partial charge is 0.285 e. The van der Waals surface area contributed by atoms with Crippen molar-refractivity contribution >= 4 is 23.6 Å². The van der Waals surface area contributed by atoms with Crippen LogP contribution in [0.15, 0.2) is 30.3 Å². The maximum absolute atomic E-state index is 12.4. The predicted molar refractivity (Wildman–Crippen MR) is 71.4 cm³/mol. The normalized spacial score (nSPS) is 25.6. The minimum absolute atomic E-state index is 0.0806. The zero-order valence-corrected chi connectivity index (χ0v) is 11.5. The van der Waals surface area contributed by atoms with Gasteiger partial charge in [0.2, 0.25) is 23.6 Å².